The Morgan fingerprint density at radius 1 is 1.50 bits per heavy atom. The van der Waals surface area contributed by atoms with Crippen LogP contribution in [0.25, 0.3) is 0 Å². The molecule has 0 radical (unpaired) electrons. The molecule has 0 bridgehead atoms. The third-order valence-corrected chi connectivity index (χ3v) is 1.82. The molecule has 0 aliphatic heterocycles. The Balaban J connectivity index is 2.85. The highest BCUT2D eigenvalue weighted by Gasteiger charge is 2.10. The Labute approximate surface area is 72.8 Å². The van der Waals surface area contributed by atoms with Crippen molar-refractivity contribution in [3.05, 3.63) is 11.5 Å². The van der Waals surface area contributed by atoms with Crippen LogP contribution in [0.2, 0.25) is 0 Å². The normalized spacial score (nSPS) is 11.0. The lowest BCUT2D eigenvalue weighted by atomic mass is 10.1. The number of H-pyrrole nitrogens is 1. The fourth-order valence-electron chi connectivity index (χ4n) is 1.19. The molecule has 0 aliphatic carbocycles. The quantitative estimate of drug-likeness (QED) is 0.726. The van der Waals surface area contributed by atoms with Gasteiger partial charge in [-0.25, -0.2) is 0 Å². The molecule has 1 rings (SSSR count). The highest BCUT2D eigenvalue weighted by molar-refractivity contribution is 5.22. The van der Waals surface area contributed by atoms with E-state index >= 15 is 0 Å². The summed E-state index contributed by atoms with van der Waals surface area (Å²) in [5, 5.41) is 9.39. The number of nitrogens with zero attached hydrogens (tertiary/aromatic N) is 1. The average Bonchev–Trinajstić information content (AvgIpc) is 2.32. The van der Waals surface area contributed by atoms with Gasteiger partial charge in [-0.1, -0.05) is 20.8 Å². The molecule has 0 fully saturated rings. The first-order chi connectivity index (χ1) is 5.65. The zero-order chi connectivity index (χ0) is 9.14. The molecule has 0 saturated carbocycles. The number of imidazole rings is 1. The van der Waals surface area contributed by atoms with Crippen LogP contribution in [0.5, 0.6) is 5.88 Å². The minimum Gasteiger partial charge on any atom is -0.492 e. The molecule has 3 heteroatoms. The van der Waals surface area contributed by atoms with Crippen LogP contribution in [0.15, 0.2) is 0 Å². The van der Waals surface area contributed by atoms with Gasteiger partial charge in [0.05, 0.1) is 5.69 Å². The Bertz CT molecular complexity index is 253. The number of aromatic amines is 1. The molecular weight excluding hydrogens is 152 g/mol. The Morgan fingerprint density at radius 3 is 2.58 bits per heavy atom. The van der Waals surface area contributed by atoms with Crippen LogP contribution in [0.3, 0.4) is 0 Å². The van der Waals surface area contributed by atoms with Gasteiger partial charge in [-0.3, -0.25) is 0 Å². The van der Waals surface area contributed by atoms with Crippen molar-refractivity contribution in [3.8, 4) is 5.88 Å². The lowest BCUT2D eigenvalue weighted by molar-refractivity contribution is 0.445. The van der Waals surface area contributed by atoms with Gasteiger partial charge < -0.3 is 10.1 Å². The maximum absolute atomic E-state index is 9.39. The number of hydrogen-bond donors (Lipinski definition) is 2. The minimum absolute atomic E-state index is 0.161. The summed E-state index contributed by atoms with van der Waals surface area (Å²) >= 11 is 0. The van der Waals surface area contributed by atoms with E-state index < -0.39 is 0 Å². The van der Waals surface area contributed by atoms with E-state index in [-0.39, 0.29) is 5.88 Å². The van der Waals surface area contributed by atoms with Crippen molar-refractivity contribution in [2.75, 3.05) is 0 Å². The zero-order valence-electron chi connectivity index (χ0n) is 7.89. The molecule has 0 spiro atoms. The first kappa shape index (κ1) is 9.10. The van der Waals surface area contributed by atoms with Crippen LogP contribution in [0.4, 0.5) is 0 Å². The van der Waals surface area contributed by atoms with Crippen LogP contribution >= 0.6 is 0 Å². The van der Waals surface area contributed by atoms with E-state index in [1.807, 2.05) is 13.8 Å². The lowest BCUT2D eigenvalue weighted by Gasteiger charge is -1.99. The van der Waals surface area contributed by atoms with E-state index in [1.54, 1.807) is 0 Å². The first-order valence-corrected chi connectivity index (χ1v) is 4.42. The van der Waals surface area contributed by atoms with Crippen molar-refractivity contribution in [3.63, 3.8) is 0 Å². The van der Waals surface area contributed by atoms with Gasteiger partial charge in [0, 0.05) is 6.42 Å². The summed E-state index contributed by atoms with van der Waals surface area (Å²) in [6.07, 6.45) is 1.95. The molecule has 0 saturated heterocycles. The van der Waals surface area contributed by atoms with E-state index in [9.17, 15) is 5.11 Å². The summed E-state index contributed by atoms with van der Waals surface area (Å²) in [7, 11) is 0. The van der Waals surface area contributed by atoms with Crippen molar-refractivity contribution >= 4 is 0 Å². The third kappa shape index (κ3) is 1.78. The second-order valence-corrected chi connectivity index (χ2v) is 3.33. The first-order valence-electron chi connectivity index (χ1n) is 4.42. The summed E-state index contributed by atoms with van der Waals surface area (Å²) in [5.41, 5.74) is 0.846. The van der Waals surface area contributed by atoms with Crippen molar-refractivity contribution in [1.82, 2.24) is 9.97 Å². The maximum atomic E-state index is 9.39. The van der Waals surface area contributed by atoms with E-state index in [1.165, 1.54) is 0 Å². The summed E-state index contributed by atoms with van der Waals surface area (Å²) < 4.78 is 0. The number of rotatable bonds is 3. The molecule has 0 aliphatic rings. The van der Waals surface area contributed by atoms with E-state index in [4.69, 9.17) is 0 Å². The maximum Gasteiger partial charge on any atom is 0.232 e. The standard InChI is InChI=1S/C9H16N2O/c1-4-5-7-10-8(6(2)3)9(12)11-7/h6,12H,4-5H2,1-3H3,(H,10,11). The predicted octanol–water partition coefficient (Wildman–Crippen LogP) is 2.19. The van der Waals surface area contributed by atoms with Crippen molar-refractivity contribution < 1.29 is 5.11 Å². The number of aryl methyl sites for hydroxylation is 1. The molecule has 68 valence electrons. The molecule has 0 amide bonds. The van der Waals surface area contributed by atoms with Gasteiger partial charge in [-0.05, 0) is 12.3 Å². The molecule has 12 heavy (non-hydrogen) atoms. The zero-order valence-corrected chi connectivity index (χ0v) is 7.89. The number of aromatic hydroxyl groups is 1. The molecule has 1 aromatic rings. The topological polar surface area (TPSA) is 48.9 Å². The van der Waals surface area contributed by atoms with E-state index in [0.717, 1.165) is 24.4 Å². The van der Waals surface area contributed by atoms with Gasteiger partial charge in [0.1, 0.15) is 5.82 Å². The fourth-order valence-corrected chi connectivity index (χ4v) is 1.19. The minimum atomic E-state index is 0.161. The van der Waals surface area contributed by atoms with Crippen molar-refractivity contribution in [1.29, 1.82) is 0 Å². The predicted molar refractivity (Wildman–Crippen MR) is 48.3 cm³/mol. The van der Waals surface area contributed by atoms with Crippen LogP contribution in [0, 0.1) is 0 Å². The van der Waals surface area contributed by atoms with Gasteiger partial charge in [0.15, 0.2) is 0 Å². The lowest BCUT2D eigenvalue weighted by Crippen LogP contribution is -1.89. The molecule has 0 unspecified atom stereocenters. The van der Waals surface area contributed by atoms with Crippen LogP contribution in [0.1, 0.15) is 44.6 Å². The molecule has 1 aromatic heterocycles. The molecule has 0 aromatic carbocycles. The van der Waals surface area contributed by atoms with Gasteiger partial charge in [0.2, 0.25) is 5.88 Å². The SMILES string of the molecule is CCCc1nc(O)c(C(C)C)[nH]1. The van der Waals surface area contributed by atoms with E-state index in [0.29, 0.717) is 5.92 Å². The summed E-state index contributed by atoms with van der Waals surface area (Å²) in [6, 6.07) is 0. The Kier molecular flexibility index (Phi) is 2.74. The summed E-state index contributed by atoms with van der Waals surface area (Å²) in [5.74, 6) is 1.36. The average molecular weight is 168 g/mol. The van der Waals surface area contributed by atoms with Gasteiger partial charge in [0.25, 0.3) is 0 Å². The van der Waals surface area contributed by atoms with Crippen LogP contribution < -0.4 is 0 Å². The van der Waals surface area contributed by atoms with Crippen LogP contribution in [-0.2, 0) is 6.42 Å². The second-order valence-electron chi connectivity index (χ2n) is 3.33. The van der Waals surface area contributed by atoms with Crippen LogP contribution in [-0.4, -0.2) is 15.1 Å². The number of hydrogen-bond acceptors (Lipinski definition) is 2. The smallest absolute Gasteiger partial charge is 0.232 e. The third-order valence-electron chi connectivity index (χ3n) is 1.82. The van der Waals surface area contributed by atoms with Crippen molar-refractivity contribution in [2.24, 2.45) is 0 Å². The summed E-state index contributed by atoms with van der Waals surface area (Å²) in [4.78, 5) is 7.14. The van der Waals surface area contributed by atoms with Gasteiger partial charge >= 0.3 is 0 Å². The van der Waals surface area contributed by atoms with E-state index in [2.05, 4.69) is 16.9 Å². The molecule has 1 heterocycles. The molecule has 2 N–H and O–H groups in total. The molecule has 3 nitrogen and oxygen atoms in total. The van der Waals surface area contributed by atoms with Gasteiger partial charge in [-0.2, -0.15) is 4.98 Å². The molecule has 0 atom stereocenters. The molecular formula is C9H16N2O. The summed E-state index contributed by atoms with van der Waals surface area (Å²) in [6.45, 7) is 6.15. The van der Waals surface area contributed by atoms with Gasteiger partial charge in [-0.15, -0.1) is 0 Å². The largest absolute Gasteiger partial charge is 0.492 e. The Morgan fingerprint density at radius 2 is 2.17 bits per heavy atom. The highest BCUT2D eigenvalue weighted by atomic mass is 16.3. The fraction of sp³-hybridized carbons (Fsp3) is 0.667. The number of aromatic nitrogens is 2. The Hall–Kier alpha value is -0.990. The highest BCUT2D eigenvalue weighted by Crippen LogP contribution is 2.22. The number of nitrogens with one attached hydrogen (secondary N) is 1. The monoisotopic (exact) mass is 168 g/mol. The second kappa shape index (κ2) is 3.61. The van der Waals surface area contributed by atoms with Crippen molar-refractivity contribution in [2.45, 2.75) is 39.5 Å².